The topological polar surface area (TPSA) is 59.0 Å². The number of ether oxygens (including phenoxy) is 2. The minimum atomic E-state index is -0.953. The molecule has 0 aliphatic carbocycles. The summed E-state index contributed by atoms with van der Waals surface area (Å²) in [4.78, 5) is 13.7. The molecule has 0 saturated carbocycles. The van der Waals surface area contributed by atoms with E-state index in [-0.39, 0.29) is 11.8 Å². The first-order valence-electron chi connectivity index (χ1n) is 8.18. The van der Waals surface area contributed by atoms with Gasteiger partial charge in [-0.2, -0.15) is 0 Å². The van der Waals surface area contributed by atoms with Crippen LogP contribution in [-0.4, -0.2) is 42.4 Å². The summed E-state index contributed by atoms with van der Waals surface area (Å²) in [6, 6.07) is 7.21. The van der Waals surface area contributed by atoms with Gasteiger partial charge in [-0.1, -0.05) is 19.9 Å². The molecule has 2 rings (SSSR count). The number of methoxy groups -OCH3 is 1. The van der Waals surface area contributed by atoms with Crippen LogP contribution in [0, 0.1) is 6.92 Å². The Labute approximate surface area is 142 Å². The third kappa shape index (κ3) is 3.46. The van der Waals surface area contributed by atoms with E-state index >= 15 is 0 Å². The van der Waals surface area contributed by atoms with Crippen LogP contribution in [0.25, 0.3) is 10.8 Å². The molecule has 0 aliphatic heterocycles. The molecule has 0 aliphatic rings. The van der Waals surface area contributed by atoms with E-state index in [4.69, 9.17) is 9.47 Å². The fraction of sp³-hybridized carbons (Fsp3) is 0.421. The Bertz CT molecular complexity index is 738. The molecule has 5 heteroatoms. The number of fused-ring (bicyclic) bond motifs is 1. The number of nitrogens with zero attached hydrogens (tertiary/aromatic N) is 1. The van der Waals surface area contributed by atoms with Crippen molar-refractivity contribution in [2.45, 2.75) is 33.9 Å². The number of carboxylic acids is 1. The molecule has 130 valence electrons. The van der Waals surface area contributed by atoms with E-state index in [0.29, 0.717) is 11.5 Å². The fourth-order valence-electron chi connectivity index (χ4n) is 2.96. The van der Waals surface area contributed by atoms with Gasteiger partial charge in [0.2, 0.25) is 0 Å². The van der Waals surface area contributed by atoms with Crippen molar-refractivity contribution >= 4 is 16.7 Å². The summed E-state index contributed by atoms with van der Waals surface area (Å²) in [7, 11) is 1.61. The summed E-state index contributed by atoms with van der Waals surface area (Å²) >= 11 is 0. The Balaban J connectivity index is 2.61. The molecule has 0 heterocycles. The van der Waals surface area contributed by atoms with Crippen LogP contribution in [0.4, 0.5) is 0 Å². The highest BCUT2D eigenvalue weighted by Crippen LogP contribution is 2.34. The third-order valence-corrected chi connectivity index (χ3v) is 4.43. The van der Waals surface area contributed by atoms with Gasteiger partial charge in [-0.15, -0.1) is 0 Å². The molecule has 0 fully saturated rings. The first kappa shape index (κ1) is 18.1. The Morgan fingerprint density at radius 3 is 2.42 bits per heavy atom. The van der Waals surface area contributed by atoms with Crippen molar-refractivity contribution in [2.75, 3.05) is 20.2 Å². The predicted octanol–water partition coefficient (Wildman–Crippen LogP) is 3.92. The molecule has 0 amide bonds. The Morgan fingerprint density at radius 2 is 1.88 bits per heavy atom. The molecule has 0 radical (unpaired) electrons. The summed E-state index contributed by atoms with van der Waals surface area (Å²) in [5, 5.41) is 11.2. The van der Waals surface area contributed by atoms with Gasteiger partial charge in [0.05, 0.1) is 12.7 Å². The van der Waals surface area contributed by atoms with Crippen LogP contribution in [0.5, 0.6) is 11.5 Å². The number of aromatic carboxylic acids is 1. The van der Waals surface area contributed by atoms with E-state index in [2.05, 4.69) is 18.7 Å². The van der Waals surface area contributed by atoms with E-state index in [0.717, 1.165) is 29.4 Å². The van der Waals surface area contributed by atoms with Gasteiger partial charge in [0, 0.05) is 5.39 Å². The summed E-state index contributed by atoms with van der Waals surface area (Å²) in [5.41, 5.74) is 0.984. The highest BCUT2D eigenvalue weighted by Gasteiger charge is 2.19. The number of aryl methyl sites for hydroxylation is 1. The summed E-state index contributed by atoms with van der Waals surface area (Å²) < 4.78 is 11.4. The monoisotopic (exact) mass is 331 g/mol. The first-order valence-corrected chi connectivity index (χ1v) is 8.18. The number of benzene rings is 2. The van der Waals surface area contributed by atoms with Crippen LogP contribution in [0.3, 0.4) is 0 Å². The number of hydrogen-bond donors (Lipinski definition) is 1. The maximum atomic E-state index is 11.6. The third-order valence-electron chi connectivity index (χ3n) is 4.43. The highest BCUT2D eigenvalue weighted by molar-refractivity contribution is 6.01. The van der Waals surface area contributed by atoms with Crippen molar-refractivity contribution in [1.29, 1.82) is 0 Å². The maximum absolute atomic E-state index is 11.6. The summed E-state index contributed by atoms with van der Waals surface area (Å²) in [6.45, 7) is 9.65. The quantitative estimate of drug-likeness (QED) is 0.779. The zero-order valence-electron chi connectivity index (χ0n) is 14.9. The Morgan fingerprint density at radius 1 is 1.21 bits per heavy atom. The molecular weight excluding hydrogens is 306 g/mol. The predicted molar refractivity (Wildman–Crippen MR) is 95.2 cm³/mol. The van der Waals surface area contributed by atoms with E-state index in [1.54, 1.807) is 13.2 Å². The molecule has 5 nitrogen and oxygen atoms in total. The molecule has 2 aromatic carbocycles. The highest BCUT2D eigenvalue weighted by atomic mass is 16.5. The summed E-state index contributed by atoms with van der Waals surface area (Å²) in [6.07, 6.45) is -0.154. The SMILES string of the molecule is CCN(CC)C(C)Oc1cc(C(=O)O)c(C)c2ccc(OC)cc12. The molecule has 1 atom stereocenters. The number of carbonyl (C=O) groups is 1. The van der Waals surface area contributed by atoms with Gasteiger partial charge in [-0.05, 0) is 56.1 Å². The van der Waals surface area contributed by atoms with E-state index < -0.39 is 5.97 Å². The second-order valence-corrected chi connectivity index (χ2v) is 5.70. The largest absolute Gasteiger partial charge is 0.497 e. The maximum Gasteiger partial charge on any atom is 0.336 e. The minimum Gasteiger partial charge on any atom is -0.497 e. The van der Waals surface area contributed by atoms with Crippen molar-refractivity contribution in [3.05, 3.63) is 35.4 Å². The molecule has 24 heavy (non-hydrogen) atoms. The van der Waals surface area contributed by atoms with Crippen LogP contribution in [0.15, 0.2) is 24.3 Å². The lowest BCUT2D eigenvalue weighted by molar-refractivity contribution is 0.0489. The average Bonchev–Trinajstić information content (AvgIpc) is 2.57. The van der Waals surface area contributed by atoms with Crippen LogP contribution in [0.1, 0.15) is 36.7 Å². The molecule has 0 spiro atoms. The number of carboxylic acid groups (broad SMARTS) is 1. The normalized spacial score (nSPS) is 12.4. The Kier molecular flexibility index (Phi) is 5.67. The molecule has 0 bridgehead atoms. The molecular formula is C19H25NO4. The van der Waals surface area contributed by atoms with Gasteiger partial charge >= 0.3 is 5.97 Å². The average molecular weight is 331 g/mol. The van der Waals surface area contributed by atoms with Crippen molar-refractivity contribution in [3.8, 4) is 11.5 Å². The van der Waals surface area contributed by atoms with Crippen LogP contribution in [-0.2, 0) is 0 Å². The molecule has 2 aromatic rings. The van der Waals surface area contributed by atoms with Crippen LogP contribution >= 0.6 is 0 Å². The van der Waals surface area contributed by atoms with Gasteiger partial charge < -0.3 is 14.6 Å². The molecule has 0 saturated heterocycles. The van der Waals surface area contributed by atoms with Crippen LogP contribution in [0.2, 0.25) is 0 Å². The van der Waals surface area contributed by atoms with E-state index in [1.807, 2.05) is 32.0 Å². The fourth-order valence-corrected chi connectivity index (χ4v) is 2.96. The van der Waals surface area contributed by atoms with Gasteiger partial charge in [0.15, 0.2) is 0 Å². The Hall–Kier alpha value is -2.27. The molecule has 1 N–H and O–H groups in total. The van der Waals surface area contributed by atoms with Crippen LogP contribution < -0.4 is 9.47 Å². The van der Waals surface area contributed by atoms with Crippen molar-refractivity contribution in [1.82, 2.24) is 4.90 Å². The molecule has 1 unspecified atom stereocenters. The number of rotatable bonds is 7. The summed E-state index contributed by atoms with van der Waals surface area (Å²) in [5.74, 6) is 0.321. The molecule has 0 aromatic heterocycles. The smallest absolute Gasteiger partial charge is 0.336 e. The lowest BCUT2D eigenvalue weighted by atomic mass is 9.99. The minimum absolute atomic E-state index is 0.154. The first-order chi connectivity index (χ1) is 11.4. The number of hydrogen-bond acceptors (Lipinski definition) is 4. The van der Waals surface area contributed by atoms with Gasteiger partial charge in [0.25, 0.3) is 0 Å². The zero-order chi connectivity index (χ0) is 17.9. The lowest BCUT2D eigenvalue weighted by Crippen LogP contribution is -2.36. The standard InChI is InChI=1S/C19H25NO4/c1-6-20(7-2)13(4)24-18-11-16(19(21)22)12(3)15-9-8-14(23-5)10-17(15)18/h8-11,13H,6-7H2,1-5H3,(H,21,22). The lowest BCUT2D eigenvalue weighted by Gasteiger charge is -2.27. The van der Waals surface area contributed by atoms with E-state index in [9.17, 15) is 9.90 Å². The zero-order valence-corrected chi connectivity index (χ0v) is 14.9. The second kappa shape index (κ2) is 7.53. The van der Waals surface area contributed by atoms with Crippen molar-refractivity contribution in [3.63, 3.8) is 0 Å². The van der Waals surface area contributed by atoms with Crippen molar-refractivity contribution < 1.29 is 19.4 Å². The van der Waals surface area contributed by atoms with Gasteiger partial charge in [-0.3, -0.25) is 4.90 Å². The van der Waals surface area contributed by atoms with E-state index in [1.165, 1.54) is 0 Å². The van der Waals surface area contributed by atoms with Crippen molar-refractivity contribution in [2.24, 2.45) is 0 Å². The van der Waals surface area contributed by atoms with Gasteiger partial charge in [0.1, 0.15) is 17.7 Å². The van der Waals surface area contributed by atoms with Gasteiger partial charge in [-0.25, -0.2) is 4.79 Å². The second-order valence-electron chi connectivity index (χ2n) is 5.70.